The lowest BCUT2D eigenvalue weighted by atomic mass is 10.2. The third-order valence-corrected chi connectivity index (χ3v) is 3.93. The molecular weight excluding hydrogens is 312 g/mol. The molecular formula is C16H16N4O2S. The van der Waals surface area contributed by atoms with Crippen LogP contribution < -0.4 is 5.43 Å². The van der Waals surface area contributed by atoms with Gasteiger partial charge in [0, 0.05) is 17.1 Å². The topological polar surface area (TPSA) is 79.4 Å². The van der Waals surface area contributed by atoms with Crippen molar-refractivity contribution in [1.82, 2.24) is 9.97 Å². The van der Waals surface area contributed by atoms with E-state index >= 15 is 0 Å². The van der Waals surface area contributed by atoms with Crippen molar-refractivity contribution in [2.75, 3.05) is 12.0 Å². The van der Waals surface area contributed by atoms with E-state index in [0.29, 0.717) is 17.4 Å². The number of aromatic nitrogens is 2. The van der Waals surface area contributed by atoms with Crippen LogP contribution in [0.5, 0.6) is 0 Å². The molecule has 0 aliphatic carbocycles. The standard InChI is InChI=1S/C16H16N4O2S/c1-2-22-15(21)8-13-10-23-16(19-13)20-18-9-11-3-4-14-12(7-11)5-6-17-14/h3-7,9-10,17H,2,8H2,1H3,(H,19,20). The number of nitrogens with zero attached hydrogens (tertiary/aromatic N) is 2. The molecule has 3 aromatic rings. The Morgan fingerprint density at radius 2 is 2.39 bits per heavy atom. The first-order valence-corrected chi connectivity index (χ1v) is 8.09. The molecule has 0 fully saturated rings. The summed E-state index contributed by atoms with van der Waals surface area (Å²) in [5, 5.41) is 7.78. The molecule has 0 spiro atoms. The fourth-order valence-corrected chi connectivity index (χ4v) is 2.77. The molecule has 0 atom stereocenters. The van der Waals surface area contributed by atoms with Gasteiger partial charge in [-0.3, -0.25) is 10.2 Å². The normalized spacial score (nSPS) is 11.2. The molecule has 2 N–H and O–H groups in total. The minimum absolute atomic E-state index is 0.180. The first-order chi connectivity index (χ1) is 11.2. The molecule has 7 heteroatoms. The summed E-state index contributed by atoms with van der Waals surface area (Å²) in [5.41, 5.74) is 5.65. The summed E-state index contributed by atoms with van der Waals surface area (Å²) >= 11 is 1.40. The van der Waals surface area contributed by atoms with Gasteiger partial charge < -0.3 is 9.72 Å². The van der Waals surface area contributed by atoms with Crippen molar-refractivity contribution in [2.24, 2.45) is 5.10 Å². The summed E-state index contributed by atoms with van der Waals surface area (Å²) in [5.74, 6) is -0.271. The predicted molar refractivity (Wildman–Crippen MR) is 92.0 cm³/mol. The van der Waals surface area contributed by atoms with E-state index in [1.165, 1.54) is 11.3 Å². The molecule has 6 nitrogen and oxygen atoms in total. The van der Waals surface area contributed by atoms with Gasteiger partial charge in [-0.25, -0.2) is 4.98 Å². The highest BCUT2D eigenvalue weighted by atomic mass is 32.1. The van der Waals surface area contributed by atoms with E-state index in [-0.39, 0.29) is 12.4 Å². The number of hydrogen-bond donors (Lipinski definition) is 2. The highest BCUT2D eigenvalue weighted by molar-refractivity contribution is 7.13. The Kier molecular flexibility index (Phi) is 4.68. The second-order valence-corrected chi connectivity index (χ2v) is 5.68. The molecule has 0 amide bonds. The molecule has 0 aliphatic rings. The quantitative estimate of drug-likeness (QED) is 0.414. The fraction of sp³-hybridized carbons (Fsp3) is 0.188. The number of esters is 1. The van der Waals surface area contributed by atoms with E-state index < -0.39 is 0 Å². The number of carbonyl (C=O) groups is 1. The number of H-pyrrole nitrogens is 1. The number of benzene rings is 1. The molecule has 0 unspecified atom stereocenters. The van der Waals surface area contributed by atoms with E-state index in [2.05, 4.69) is 20.5 Å². The minimum atomic E-state index is -0.271. The lowest BCUT2D eigenvalue weighted by Crippen LogP contribution is -2.07. The Morgan fingerprint density at radius 1 is 1.48 bits per heavy atom. The zero-order valence-corrected chi connectivity index (χ0v) is 13.4. The van der Waals surface area contributed by atoms with Crippen molar-refractivity contribution >= 4 is 39.6 Å². The number of aromatic amines is 1. The first kappa shape index (κ1) is 15.2. The van der Waals surface area contributed by atoms with Gasteiger partial charge in [0.05, 0.1) is 24.9 Å². The number of carbonyl (C=O) groups excluding carboxylic acids is 1. The molecule has 0 saturated heterocycles. The van der Waals surface area contributed by atoms with Crippen LogP contribution in [0.3, 0.4) is 0 Å². The van der Waals surface area contributed by atoms with E-state index in [4.69, 9.17) is 4.74 Å². The van der Waals surface area contributed by atoms with E-state index in [0.717, 1.165) is 16.5 Å². The monoisotopic (exact) mass is 328 g/mol. The van der Waals surface area contributed by atoms with Crippen LogP contribution in [0, 0.1) is 0 Å². The van der Waals surface area contributed by atoms with E-state index in [9.17, 15) is 4.79 Å². The smallest absolute Gasteiger partial charge is 0.311 e. The van der Waals surface area contributed by atoms with Gasteiger partial charge in [0.15, 0.2) is 0 Å². The van der Waals surface area contributed by atoms with Crippen molar-refractivity contribution in [1.29, 1.82) is 0 Å². The van der Waals surface area contributed by atoms with Crippen LogP contribution in [0.4, 0.5) is 5.13 Å². The van der Waals surface area contributed by atoms with Crippen molar-refractivity contribution in [3.05, 3.63) is 47.1 Å². The SMILES string of the molecule is CCOC(=O)Cc1csc(NN=Cc2ccc3[nH]ccc3c2)n1. The molecule has 118 valence electrons. The Bertz CT molecular complexity index is 837. The summed E-state index contributed by atoms with van der Waals surface area (Å²) < 4.78 is 4.90. The van der Waals surface area contributed by atoms with Crippen molar-refractivity contribution < 1.29 is 9.53 Å². The van der Waals surface area contributed by atoms with Crippen LogP contribution in [-0.2, 0) is 16.0 Å². The molecule has 0 radical (unpaired) electrons. The summed E-state index contributed by atoms with van der Waals surface area (Å²) in [4.78, 5) is 18.8. The Hall–Kier alpha value is -2.67. The van der Waals surface area contributed by atoms with Crippen molar-refractivity contribution in [3.63, 3.8) is 0 Å². The maximum Gasteiger partial charge on any atom is 0.311 e. The van der Waals surface area contributed by atoms with Gasteiger partial charge in [-0.1, -0.05) is 6.07 Å². The number of hydrazone groups is 1. The van der Waals surface area contributed by atoms with Gasteiger partial charge >= 0.3 is 5.97 Å². The van der Waals surface area contributed by atoms with Crippen LogP contribution in [0.25, 0.3) is 10.9 Å². The Balaban J connectivity index is 1.59. The van der Waals surface area contributed by atoms with Crippen molar-refractivity contribution in [3.8, 4) is 0 Å². The van der Waals surface area contributed by atoms with E-state index in [1.54, 1.807) is 13.1 Å². The number of anilines is 1. The third-order valence-electron chi connectivity index (χ3n) is 3.13. The lowest BCUT2D eigenvalue weighted by molar-refractivity contribution is -0.142. The maximum atomic E-state index is 11.4. The summed E-state index contributed by atoms with van der Waals surface area (Å²) in [6, 6.07) is 8.06. The average molecular weight is 328 g/mol. The Morgan fingerprint density at radius 3 is 3.26 bits per heavy atom. The number of thiazole rings is 1. The number of nitrogens with one attached hydrogen (secondary N) is 2. The molecule has 23 heavy (non-hydrogen) atoms. The zero-order chi connectivity index (χ0) is 16.1. The van der Waals surface area contributed by atoms with Gasteiger partial charge in [-0.2, -0.15) is 5.10 Å². The van der Waals surface area contributed by atoms with Crippen LogP contribution in [-0.4, -0.2) is 28.8 Å². The van der Waals surface area contributed by atoms with Crippen LogP contribution in [0.1, 0.15) is 18.2 Å². The maximum absolute atomic E-state index is 11.4. The highest BCUT2D eigenvalue weighted by Gasteiger charge is 2.07. The second kappa shape index (κ2) is 7.06. The Labute approximate surface area is 137 Å². The second-order valence-electron chi connectivity index (χ2n) is 4.82. The predicted octanol–water partition coefficient (Wildman–Crippen LogP) is 3.18. The summed E-state index contributed by atoms with van der Waals surface area (Å²) in [6.07, 6.45) is 3.82. The molecule has 2 heterocycles. The summed E-state index contributed by atoms with van der Waals surface area (Å²) in [6.45, 7) is 2.16. The van der Waals surface area contributed by atoms with E-state index in [1.807, 2.05) is 35.8 Å². The number of ether oxygens (including phenoxy) is 1. The molecule has 0 bridgehead atoms. The first-order valence-electron chi connectivity index (χ1n) is 7.21. The largest absolute Gasteiger partial charge is 0.466 e. The average Bonchev–Trinajstić information content (AvgIpc) is 3.16. The van der Waals surface area contributed by atoms with Crippen molar-refractivity contribution in [2.45, 2.75) is 13.3 Å². The number of hydrogen-bond acceptors (Lipinski definition) is 6. The van der Waals surface area contributed by atoms with Gasteiger partial charge in [0.1, 0.15) is 0 Å². The lowest BCUT2D eigenvalue weighted by Gasteiger charge is -1.98. The zero-order valence-electron chi connectivity index (χ0n) is 12.6. The highest BCUT2D eigenvalue weighted by Crippen LogP contribution is 2.16. The van der Waals surface area contributed by atoms with Gasteiger partial charge in [-0.05, 0) is 36.1 Å². The van der Waals surface area contributed by atoms with Crippen LogP contribution >= 0.6 is 11.3 Å². The molecule has 3 rings (SSSR count). The molecule has 0 saturated carbocycles. The third kappa shape index (κ3) is 3.95. The van der Waals surface area contributed by atoms with Crippen LogP contribution in [0.15, 0.2) is 40.9 Å². The molecule has 1 aromatic carbocycles. The van der Waals surface area contributed by atoms with Gasteiger partial charge in [-0.15, -0.1) is 11.3 Å². The van der Waals surface area contributed by atoms with Gasteiger partial charge in [0.2, 0.25) is 5.13 Å². The molecule has 2 aromatic heterocycles. The number of fused-ring (bicyclic) bond motifs is 1. The summed E-state index contributed by atoms with van der Waals surface area (Å²) in [7, 11) is 0. The minimum Gasteiger partial charge on any atom is -0.466 e. The fourth-order valence-electron chi connectivity index (χ4n) is 2.11. The van der Waals surface area contributed by atoms with Gasteiger partial charge in [0.25, 0.3) is 0 Å². The van der Waals surface area contributed by atoms with Crippen LogP contribution in [0.2, 0.25) is 0 Å². The number of rotatable bonds is 6. The molecule has 0 aliphatic heterocycles.